The average Bonchev–Trinajstić information content (AvgIpc) is 2.44. The molecule has 0 heterocycles. The van der Waals surface area contributed by atoms with Gasteiger partial charge in [0.05, 0.1) is 26.4 Å². The number of allylic oxidation sites excluding steroid dienone is 2. The molecule has 2 unspecified atom stereocenters. The van der Waals surface area contributed by atoms with Crippen molar-refractivity contribution < 1.29 is 14.3 Å². The Labute approximate surface area is 149 Å². The molecular weight excluding hydrogens is 300 g/mol. The van der Waals surface area contributed by atoms with Gasteiger partial charge in [-0.15, -0.1) is 0 Å². The molecule has 2 atom stereocenters. The normalized spacial score (nSPS) is 16.0. The van der Waals surface area contributed by atoms with Crippen molar-refractivity contribution in [3.8, 4) is 0 Å². The highest BCUT2D eigenvalue weighted by Gasteiger charge is 2.40. The van der Waals surface area contributed by atoms with Gasteiger partial charge in [-0.25, -0.2) is 0 Å². The van der Waals surface area contributed by atoms with Crippen molar-refractivity contribution in [2.45, 2.75) is 55.4 Å². The van der Waals surface area contributed by atoms with E-state index in [0.29, 0.717) is 26.4 Å². The van der Waals surface area contributed by atoms with Gasteiger partial charge in [0.25, 0.3) is 0 Å². The Bertz CT molecular complexity index is 370. The van der Waals surface area contributed by atoms with Gasteiger partial charge in [-0.1, -0.05) is 65.8 Å². The Morgan fingerprint density at radius 2 is 1.12 bits per heavy atom. The lowest BCUT2D eigenvalue weighted by atomic mass is 9.69. The Morgan fingerprint density at radius 3 is 1.38 bits per heavy atom. The molecular formula is C21H38O3. The fourth-order valence-electron chi connectivity index (χ4n) is 2.46. The largest absolute Gasteiger partial charge is 0.377 e. The van der Waals surface area contributed by atoms with Crippen LogP contribution in [0.1, 0.15) is 55.4 Å². The molecule has 0 aromatic heterocycles. The first-order valence-corrected chi connectivity index (χ1v) is 8.97. The van der Waals surface area contributed by atoms with Crippen LogP contribution in [0.25, 0.3) is 0 Å². The molecule has 0 radical (unpaired) electrons. The predicted molar refractivity (Wildman–Crippen MR) is 102 cm³/mol. The second kappa shape index (κ2) is 10.8. The van der Waals surface area contributed by atoms with Gasteiger partial charge in [-0.2, -0.15) is 0 Å². The third-order valence-corrected chi connectivity index (χ3v) is 4.25. The van der Waals surface area contributed by atoms with Crippen molar-refractivity contribution >= 4 is 5.78 Å². The molecule has 0 saturated heterocycles. The lowest BCUT2D eigenvalue weighted by molar-refractivity contribution is -0.138. The van der Waals surface area contributed by atoms with Gasteiger partial charge in [-0.05, 0) is 24.7 Å². The van der Waals surface area contributed by atoms with E-state index in [2.05, 4.69) is 41.5 Å². The minimum Gasteiger partial charge on any atom is -0.377 e. The van der Waals surface area contributed by atoms with Gasteiger partial charge in [0.1, 0.15) is 5.78 Å². The minimum absolute atomic E-state index is 0.139. The van der Waals surface area contributed by atoms with Gasteiger partial charge < -0.3 is 9.47 Å². The van der Waals surface area contributed by atoms with Crippen LogP contribution >= 0.6 is 0 Å². The van der Waals surface area contributed by atoms with Crippen molar-refractivity contribution in [2.75, 3.05) is 26.4 Å². The molecule has 0 rings (SSSR count). The van der Waals surface area contributed by atoms with Crippen molar-refractivity contribution in [1.29, 1.82) is 0 Å². The zero-order chi connectivity index (χ0) is 18.8. The molecule has 0 aromatic rings. The summed E-state index contributed by atoms with van der Waals surface area (Å²) in [5.41, 5.74) is -0.278. The Morgan fingerprint density at radius 1 is 0.792 bits per heavy atom. The molecule has 0 aliphatic carbocycles. The molecule has 3 heteroatoms. The monoisotopic (exact) mass is 338 g/mol. The number of rotatable bonds is 10. The summed E-state index contributed by atoms with van der Waals surface area (Å²) in [5.74, 6) is -0.0365. The van der Waals surface area contributed by atoms with E-state index in [9.17, 15) is 4.79 Å². The summed E-state index contributed by atoms with van der Waals surface area (Å²) in [4.78, 5) is 13.3. The smallest absolute Gasteiger partial charge is 0.144 e. The maximum absolute atomic E-state index is 13.3. The number of Topliss-reactive ketones (excluding diaryl/α,β-unsaturated/α-hetero) is 1. The maximum Gasteiger partial charge on any atom is 0.144 e. The number of ketones is 1. The molecule has 24 heavy (non-hydrogen) atoms. The summed E-state index contributed by atoms with van der Waals surface area (Å²) in [6, 6.07) is 0. The van der Waals surface area contributed by atoms with Gasteiger partial charge >= 0.3 is 0 Å². The van der Waals surface area contributed by atoms with E-state index in [4.69, 9.17) is 9.47 Å². The van der Waals surface area contributed by atoms with Crippen LogP contribution in [-0.2, 0) is 14.3 Å². The van der Waals surface area contributed by atoms with Crippen molar-refractivity contribution in [2.24, 2.45) is 22.7 Å². The third kappa shape index (κ3) is 8.79. The molecule has 3 nitrogen and oxygen atoms in total. The number of carbonyl (C=O) groups is 1. The number of hydrogen-bond donors (Lipinski definition) is 0. The van der Waals surface area contributed by atoms with E-state index in [1.165, 1.54) is 0 Å². The first-order chi connectivity index (χ1) is 11.1. The van der Waals surface area contributed by atoms with Crippen LogP contribution in [0, 0.1) is 22.7 Å². The van der Waals surface area contributed by atoms with Crippen LogP contribution in [0.15, 0.2) is 24.3 Å². The first-order valence-electron chi connectivity index (χ1n) is 8.97. The topological polar surface area (TPSA) is 35.5 Å². The Kier molecular flexibility index (Phi) is 10.4. The molecule has 0 spiro atoms. The quantitative estimate of drug-likeness (QED) is 0.412. The summed E-state index contributed by atoms with van der Waals surface area (Å²) in [6.07, 6.45) is 7.85. The van der Waals surface area contributed by atoms with Gasteiger partial charge in [0.2, 0.25) is 0 Å². The zero-order valence-electron chi connectivity index (χ0n) is 17.0. The highest BCUT2D eigenvalue weighted by molar-refractivity contribution is 5.85. The van der Waals surface area contributed by atoms with E-state index >= 15 is 0 Å². The van der Waals surface area contributed by atoms with Crippen LogP contribution in [0.2, 0.25) is 0 Å². The fraction of sp³-hybridized carbons (Fsp3) is 0.762. The molecule has 0 saturated carbocycles. The molecule has 0 aliphatic heterocycles. The fourth-order valence-corrected chi connectivity index (χ4v) is 2.46. The lowest BCUT2D eigenvalue weighted by Gasteiger charge is -2.37. The maximum atomic E-state index is 13.3. The summed E-state index contributed by atoms with van der Waals surface area (Å²) >= 11 is 0. The molecule has 0 amide bonds. The molecule has 140 valence electrons. The van der Waals surface area contributed by atoms with Crippen molar-refractivity contribution in [3.05, 3.63) is 24.3 Å². The van der Waals surface area contributed by atoms with Crippen molar-refractivity contribution in [1.82, 2.24) is 0 Å². The zero-order valence-corrected chi connectivity index (χ0v) is 17.0. The Hall–Kier alpha value is -0.930. The SMILES string of the molecule is C/C=C/COCC(C(=O)C(COC/C=C/C)C(C)(C)C)C(C)(C)C. The van der Waals surface area contributed by atoms with E-state index in [0.717, 1.165) is 0 Å². The third-order valence-electron chi connectivity index (χ3n) is 4.25. The lowest BCUT2D eigenvalue weighted by Crippen LogP contribution is -2.43. The second-order valence-corrected chi connectivity index (χ2v) is 8.45. The molecule has 0 fully saturated rings. The van der Waals surface area contributed by atoms with Gasteiger partial charge in [0, 0.05) is 11.8 Å². The highest BCUT2D eigenvalue weighted by Crippen LogP contribution is 2.35. The number of hydrogen-bond acceptors (Lipinski definition) is 3. The molecule has 0 N–H and O–H groups in total. The number of carbonyl (C=O) groups excluding carboxylic acids is 1. The van der Waals surface area contributed by atoms with Gasteiger partial charge in [-0.3, -0.25) is 4.79 Å². The summed E-state index contributed by atoms with van der Waals surface area (Å²) in [7, 11) is 0. The number of ether oxygens (including phenoxy) is 2. The van der Waals surface area contributed by atoms with Crippen molar-refractivity contribution in [3.63, 3.8) is 0 Å². The predicted octanol–water partition coefficient (Wildman–Crippen LogP) is 5.07. The minimum atomic E-state index is -0.141. The first kappa shape index (κ1) is 23.1. The summed E-state index contributed by atoms with van der Waals surface area (Å²) in [5, 5.41) is 0. The Balaban J connectivity index is 5.12. The second-order valence-electron chi connectivity index (χ2n) is 8.45. The van der Waals surface area contributed by atoms with E-state index in [1.807, 2.05) is 38.2 Å². The molecule has 0 bridgehead atoms. The van der Waals surface area contributed by atoms with Crippen LogP contribution in [0.3, 0.4) is 0 Å². The van der Waals surface area contributed by atoms with E-state index in [-0.39, 0.29) is 28.4 Å². The van der Waals surface area contributed by atoms with E-state index < -0.39 is 0 Å². The summed E-state index contributed by atoms with van der Waals surface area (Å²) in [6.45, 7) is 18.6. The van der Waals surface area contributed by atoms with E-state index in [1.54, 1.807) is 0 Å². The van der Waals surface area contributed by atoms with Crippen LogP contribution < -0.4 is 0 Å². The highest BCUT2D eigenvalue weighted by atomic mass is 16.5. The van der Waals surface area contributed by atoms with Crippen LogP contribution in [0.5, 0.6) is 0 Å². The molecule has 0 aliphatic rings. The standard InChI is InChI=1S/C21H38O3/c1-9-11-13-23-15-17(20(3,4)5)19(22)18(21(6,7)8)16-24-14-12-10-2/h9-12,17-18H,13-16H2,1-8H3/b11-9+,12-10+. The average molecular weight is 339 g/mol. The van der Waals surface area contributed by atoms with Crippen LogP contribution in [-0.4, -0.2) is 32.2 Å². The van der Waals surface area contributed by atoms with Crippen LogP contribution in [0.4, 0.5) is 0 Å². The van der Waals surface area contributed by atoms with Gasteiger partial charge in [0.15, 0.2) is 0 Å². The molecule has 0 aromatic carbocycles. The summed E-state index contributed by atoms with van der Waals surface area (Å²) < 4.78 is 11.5.